The number of hydrogen-bond acceptors (Lipinski definition) is 4. The molecule has 9 aromatic rings. The molecular weight excluding hydrogens is 492 g/mol. The second kappa shape index (κ2) is 7.98. The predicted octanol–water partition coefficient (Wildman–Crippen LogP) is 8.84. The number of nitrogens with zero attached hydrogens (tertiary/aromatic N) is 4. The molecule has 0 aliphatic carbocycles. The molecule has 0 saturated carbocycles. The first-order valence-corrected chi connectivity index (χ1v) is 13.3. The van der Waals surface area contributed by atoms with Crippen LogP contribution in [0.2, 0.25) is 0 Å². The van der Waals surface area contributed by atoms with Crippen molar-refractivity contribution in [3.63, 3.8) is 0 Å². The van der Waals surface area contributed by atoms with Crippen LogP contribution in [0.1, 0.15) is 0 Å². The summed E-state index contributed by atoms with van der Waals surface area (Å²) in [7, 11) is 0. The summed E-state index contributed by atoms with van der Waals surface area (Å²) in [5.41, 5.74) is 7.39. The molecule has 5 heteroatoms. The smallest absolute Gasteiger partial charge is 0.235 e. The fraction of sp³-hybridized carbons (Fsp3) is 0. The number of furan rings is 1. The maximum atomic E-state index is 6.37. The normalized spacial score (nSPS) is 12.0. The topological polar surface area (TPSA) is 56.7 Å². The minimum Gasteiger partial charge on any atom is -0.454 e. The highest BCUT2D eigenvalue weighted by molar-refractivity contribution is 6.23. The zero-order valence-electron chi connectivity index (χ0n) is 21.2. The molecule has 0 radical (unpaired) electrons. The minimum atomic E-state index is 0.626. The molecule has 0 unspecified atom stereocenters. The van der Waals surface area contributed by atoms with E-state index in [1.807, 2.05) is 54.7 Å². The van der Waals surface area contributed by atoms with Crippen LogP contribution in [0.5, 0.6) is 0 Å². The van der Waals surface area contributed by atoms with Crippen LogP contribution in [0, 0.1) is 0 Å². The molecule has 0 bridgehead atoms. The van der Waals surface area contributed by atoms with Crippen LogP contribution in [0.15, 0.2) is 126 Å². The number of benzene rings is 5. The molecule has 0 fully saturated rings. The summed E-state index contributed by atoms with van der Waals surface area (Å²) in [6.07, 6.45) is 1.96. The van der Waals surface area contributed by atoms with Crippen LogP contribution >= 0.6 is 0 Å². The second-order valence-electron chi connectivity index (χ2n) is 10.1. The predicted molar refractivity (Wildman–Crippen MR) is 162 cm³/mol. The van der Waals surface area contributed by atoms with Crippen molar-refractivity contribution >= 4 is 65.6 Å². The van der Waals surface area contributed by atoms with Gasteiger partial charge >= 0.3 is 0 Å². The van der Waals surface area contributed by atoms with Gasteiger partial charge in [-0.2, -0.15) is 0 Å². The summed E-state index contributed by atoms with van der Waals surface area (Å²) in [6, 6.07) is 39.3. The Balaban J connectivity index is 1.45. The van der Waals surface area contributed by atoms with Crippen LogP contribution < -0.4 is 0 Å². The van der Waals surface area contributed by atoms with E-state index < -0.39 is 0 Å². The monoisotopic (exact) mass is 512 g/mol. The molecule has 4 heterocycles. The largest absolute Gasteiger partial charge is 0.454 e. The van der Waals surface area contributed by atoms with Gasteiger partial charge in [-0.25, -0.2) is 9.97 Å². The summed E-state index contributed by atoms with van der Waals surface area (Å²) in [5, 5.41) is 6.33. The molecule has 0 aliphatic rings. The third-order valence-corrected chi connectivity index (χ3v) is 7.85. The van der Waals surface area contributed by atoms with Crippen LogP contribution in [0.3, 0.4) is 0 Å². The molecule has 9 rings (SSSR count). The first-order chi connectivity index (χ1) is 19.8. The first-order valence-electron chi connectivity index (χ1n) is 13.3. The number of para-hydroxylation sites is 3. The Morgan fingerprint density at radius 3 is 2.17 bits per heavy atom. The number of pyridine rings is 1. The van der Waals surface area contributed by atoms with Crippen molar-refractivity contribution in [1.82, 2.24) is 19.5 Å². The summed E-state index contributed by atoms with van der Waals surface area (Å²) in [5.74, 6) is 0.626. The van der Waals surface area contributed by atoms with Crippen molar-refractivity contribution in [1.29, 1.82) is 0 Å². The molecule has 0 saturated heterocycles. The van der Waals surface area contributed by atoms with E-state index in [0.717, 1.165) is 76.8 Å². The van der Waals surface area contributed by atoms with E-state index in [4.69, 9.17) is 19.4 Å². The van der Waals surface area contributed by atoms with Gasteiger partial charge in [0.25, 0.3) is 0 Å². The highest BCUT2D eigenvalue weighted by Gasteiger charge is 2.21. The first kappa shape index (κ1) is 21.4. The van der Waals surface area contributed by atoms with Crippen LogP contribution in [-0.4, -0.2) is 19.5 Å². The molecule has 0 amide bonds. The van der Waals surface area contributed by atoms with E-state index in [-0.39, 0.29) is 0 Å². The van der Waals surface area contributed by atoms with Crippen molar-refractivity contribution in [2.45, 2.75) is 0 Å². The van der Waals surface area contributed by atoms with Gasteiger partial charge in [-0.1, -0.05) is 84.9 Å². The molecule has 186 valence electrons. The Morgan fingerprint density at radius 1 is 0.550 bits per heavy atom. The van der Waals surface area contributed by atoms with Crippen molar-refractivity contribution in [3.8, 4) is 17.2 Å². The summed E-state index contributed by atoms with van der Waals surface area (Å²) >= 11 is 0. The standard InChI is InChI=1S/C35H20N4O/c1-2-10-21(11-3-1)31-25-14-4-7-15-28(25)37-35(38-31)39-29-16-8-5-12-22(29)27-20-36-32-26(33(27)39)19-18-24-23-13-6-9-17-30(23)40-34(24)32/h1-20H. The maximum Gasteiger partial charge on any atom is 0.235 e. The highest BCUT2D eigenvalue weighted by atomic mass is 16.3. The number of rotatable bonds is 2. The van der Waals surface area contributed by atoms with Gasteiger partial charge in [0, 0.05) is 44.1 Å². The third kappa shape index (κ3) is 2.89. The lowest BCUT2D eigenvalue weighted by Crippen LogP contribution is -2.03. The quantitative estimate of drug-likeness (QED) is 0.232. The third-order valence-electron chi connectivity index (χ3n) is 7.85. The van der Waals surface area contributed by atoms with Crippen LogP contribution in [0.25, 0.3) is 82.8 Å². The lowest BCUT2D eigenvalue weighted by Gasteiger charge is -2.12. The summed E-state index contributed by atoms with van der Waals surface area (Å²) < 4.78 is 8.55. The molecule has 0 spiro atoms. The lowest BCUT2D eigenvalue weighted by atomic mass is 10.1. The second-order valence-corrected chi connectivity index (χ2v) is 10.1. The minimum absolute atomic E-state index is 0.626. The van der Waals surface area contributed by atoms with Gasteiger partial charge in [0.1, 0.15) is 11.1 Å². The highest BCUT2D eigenvalue weighted by Crippen LogP contribution is 2.40. The lowest BCUT2D eigenvalue weighted by molar-refractivity contribution is 0.671. The molecule has 5 nitrogen and oxygen atoms in total. The van der Waals surface area contributed by atoms with Gasteiger partial charge in [-0.3, -0.25) is 9.55 Å². The van der Waals surface area contributed by atoms with E-state index >= 15 is 0 Å². The van der Waals surface area contributed by atoms with Crippen LogP contribution in [-0.2, 0) is 0 Å². The zero-order valence-corrected chi connectivity index (χ0v) is 21.2. The molecular formula is C35H20N4O. The molecule has 0 atom stereocenters. The van der Waals surface area contributed by atoms with Gasteiger partial charge in [0.05, 0.1) is 22.2 Å². The Bertz CT molecular complexity index is 2440. The summed E-state index contributed by atoms with van der Waals surface area (Å²) in [4.78, 5) is 15.3. The molecule has 5 aromatic carbocycles. The van der Waals surface area contributed by atoms with E-state index in [1.165, 1.54) is 0 Å². The average molecular weight is 513 g/mol. The van der Waals surface area contributed by atoms with E-state index in [2.05, 4.69) is 71.3 Å². The fourth-order valence-electron chi connectivity index (χ4n) is 6.07. The average Bonchev–Trinajstić information content (AvgIpc) is 3.57. The van der Waals surface area contributed by atoms with Crippen LogP contribution in [0.4, 0.5) is 0 Å². The zero-order chi connectivity index (χ0) is 26.2. The Labute approximate surface area is 228 Å². The number of hydrogen-bond donors (Lipinski definition) is 0. The number of fused-ring (bicyclic) bond motifs is 10. The number of aromatic nitrogens is 4. The van der Waals surface area contributed by atoms with Crippen molar-refractivity contribution < 1.29 is 4.42 Å². The summed E-state index contributed by atoms with van der Waals surface area (Å²) in [6.45, 7) is 0. The van der Waals surface area contributed by atoms with Gasteiger partial charge in [0.2, 0.25) is 5.95 Å². The van der Waals surface area contributed by atoms with Crippen molar-refractivity contribution in [2.75, 3.05) is 0 Å². The van der Waals surface area contributed by atoms with Gasteiger partial charge < -0.3 is 4.42 Å². The Morgan fingerprint density at radius 2 is 1.27 bits per heavy atom. The van der Waals surface area contributed by atoms with Crippen molar-refractivity contribution in [3.05, 3.63) is 121 Å². The fourth-order valence-corrected chi connectivity index (χ4v) is 6.07. The molecule has 0 N–H and O–H groups in total. The molecule has 40 heavy (non-hydrogen) atoms. The SMILES string of the molecule is c1ccc(-c2nc(-n3c4ccccc4c4cnc5c(ccc6c7ccccc7oc65)c43)nc3ccccc23)cc1. The van der Waals surface area contributed by atoms with Gasteiger partial charge in [0.15, 0.2) is 5.58 Å². The van der Waals surface area contributed by atoms with E-state index in [0.29, 0.717) is 5.95 Å². The van der Waals surface area contributed by atoms with E-state index in [1.54, 1.807) is 0 Å². The molecule has 4 aromatic heterocycles. The Kier molecular flexibility index (Phi) is 4.27. The van der Waals surface area contributed by atoms with Crippen molar-refractivity contribution in [2.24, 2.45) is 0 Å². The Hall–Kier alpha value is -5.55. The maximum absolute atomic E-state index is 6.37. The van der Waals surface area contributed by atoms with E-state index in [9.17, 15) is 0 Å². The molecule has 0 aliphatic heterocycles. The van der Waals surface area contributed by atoms with Gasteiger partial charge in [-0.05, 0) is 30.3 Å². The van der Waals surface area contributed by atoms with Gasteiger partial charge in [-0.15, -0.1) is 0 Å².